The van der Waals surface area contributed by atoms with Gasteiger partial charge in [0.1, 0.15) is 5.82 Å². The first-order chi connectivity index (χ1) is 11.1. The Morgan fingerprint density at radius 2 is 2.30 bits per heavy atom. The predicted molar refractivity (Wildman–Crippen MR) is 89.4 cm³/mol. The Morgan fingerprint density at radius 1 is 1.43 bits per heavy atom. The highest BCUT2D eigenvalue weighted by molar-refractivity contribution is 5.75. The number of nitrogens with one attached hydrogen (secondary N) is 1. The Balaban J connectivity index is 1.53. The quantitative estimate of drug-likeness (QED) is 0.885. The molecule has 2 amide bonds. The number of urea groups is 1. The van der Waals surface area contributed by atoms with E-state index in [2.05, 4.69) is 15.2 Å². The number of hydrogen-bond donors (Lipinski definition) is 2. The number of aliphatic hydroxyl groups excluding tert-OH is 1. The van der Waals surface area contributed by atoms with E-state index in [4.69, 9.17) is 0 Å². The fourth-order valence-corrected chi connectivity index (χ4v) is 3.63. The first kappa shape index (κ1) is 16.1. The summed E-state index contributed by atoms with van der Waals surface area (Å²) in [5.74, 6) is 0.970. The molecular weight excluding hydrogens is 292 g/mol. The second kappa shape index (κ2) is 7.17. The molecule has 0 radical (unpaired) electrons. The molecule has 2 fully saturated rings. The molecule has 0 aliphatic carbocycles. The number of carbonyl (C=O) groups excluding carboxylic acids is 1. The van der Waals surface area contributed by atoms with Gasteiger partial charge < -0.3 is 20.2 Å². The lowest BCUT2D eigenvalue weighted by Gasteiger charge is -2.27. The van der Waals surface area contributed by atoms with Gasteiger partial charge in [-0.15, -0.1) is 0 Å². The van der Waals surface area contributed by atoms with Crippen molar-refractivity contribution in [3.05, 3.63) is 24.4 Å². The topological polar surface area (TPSA) is 68.7 Å². The monoisotopic (exact) mass is 318 g/mol. The standard InChI is InChI=1S/C17H26N4O2/c1-13(22)11-15-5-4-9-21(15)17(23)19-14-7-10-20(12-14)16-6-2-3-8-18-16/h2-3,6,8,13-15,22H,4-5,7,9-12H2,1H3,(H,19,23). The summed E-state index contributed by atoms with van der Waals surface area (Å²) in [7, 11) is 0. The van der Waals surface area contributed by atoms with Crippen LogP contribution in [-0.2, 0) is 0 Å². The van der Waals surface area contributed by atoms with E-state index in [9.17, 15) is 9.90 Å². The zero-order chi connectivity index (χ0) is 16.2. The molecular formula is C17H26N4O2. The van der Waals surface area contributed by atoms with Crippen LogP contribution in [0, 0.1) is 0 Å². The molecule has 0 saturated carbocycles. The lowest BCUT2D eigenvalue weighted by molar-refractivity contribution is 0.137. The van der Waals surface area contributed by atoms with E-state index in [1.54, 1.807) is 13.1 Å². The molecule has 2 aliphatic rings. The molecule has 0 spiro atoms. The van der Waals surface area contributed by atoms with Gasteiger partial charge in [0.25, 0.3) is 0 Å². The van der Waals surface area contributed by atoms with Crippen molar-refractivity contribution in [2.24, 2.45) is 0 Å². The van der Waals surface area contributed by atoms with Crippen LogP contribution in [0.3, 0.4) is 0 Å². The van der Waals surface area contributed by atoms with Crippen LogP contribution in [0.25, 0.3) is 0 Å². The largest absolute Gasteiger partial charge is 0.393 e. The third kappa shape index (κ3) is 3.93. The molecule has 3 heterocycles. The molecule has 2 N–H and O–H groups in total. The van der Waals surface area contributed by atoms with Crippen molar-refractivity contribution in [2.45, 2.75) is 50.8 Å². The summed E-state index contributed by atoms with van der Waals surface area (Å²) in [4.78, 5) is 21.0. The van der Waals surface area contributed by atoms with E-state index in [1.165, 1.54) is 0 Å². The smallest absolute Gasteiger partial charge is 0.317 e. The van der Waals surface area contributed by atoms with Crippen LogP contribution in [0.4, 0.5) is 10.6 Å². The summed E-state index contributed by atoms with van der Waals surface area (Å²) in [6, 6.07) is 6.25. The predicted octanol–water partition coefficient (Wildman–Crippen LogP) is 1.61. The Kier molecular flexibility index (Phi) is 5.00. The number of nitrogens with zero attached hydrogens (tertiary/aromatic N) is 3. The average molecular weight is 318 g/mol. The van der Waals surface area contributed by atoms with Crippen LogP contribution in [0.15, 0.2) is 24.4 Å². The van der Waals surface area contributed by atoms with E-state index in [0.717, 1.165) is 44.7 Å². The summed E-state index contributed by atoms with van der Waals surface area (Å²) in [6.45, 7) is 4.30. The number of rotatable bonds is 4. The van der Waals surface area contributed by atoms with Gasteiger partial charge in [-0.1, -0.05) is 6.07 Å². The van der Waals surface area contributed by atoms with Gasteiger partial charge in [-0.05, 0) is 44.7 Å². The van der Waals surface area contributed by atoms with E-state index in [1.807, 2.05) is 23.1 Å². The maximum atomic E-state index is 12.5. The summed E-state index contributed by atoms with van der Waals surface area (Å²) in [5.41, 5.74) is 0. The van der Waals surface area contributed by atoms with E-state index < -0.39 is 0 Å². The van der Waals surface area contributed by atoms with Crippen LogP contribution in [0.1, 0.15) is 32.6 Å². The van der Waals surface area contributed by atoms with Crippen molar-refractivity contribution >= 4 is 11.8 Å². The number of amides is 2. The third-order valence-corrected chi connectivity index (χ3v) is 4.74. The van der Waals surface area contributed by atoms with Crippen molar-refractivity contribution in [3.8, 4) is 0 Å². The minimum Gasteiger partial charge on any atom is -0.393 e. The molecule has 1 aromatic heterocycles. The van der Waals surface area contributed by atoms with Crippen LogP contribution >= 0.6 is 0 Å². The SMILES string of the molecule is CC(O)CC1CCCN1C(=O)NC1CCN(c2ccccn2)C1. The van der Waals surface area contributed by atoms with Crippen LogP contribution in [0.2, 0.25) is 0 Å². The van der Waals surface area contributed by atoms with E-state index in [-0.39, 0.29) is 24.2 Å². The molecule has 3 atom stereocenters. The summed E-state index contributed by atoms with van der Waals surface area (Å²) >= 11 is 0. The highest BCUT2D eigenvalue weighted by atomic mass is 16.3. The van der Waals surface area contributed by atoms with Crippen molar-refractivity contribution in [1.29, 1.82) is 0 Å². The fraction of sp³-hybridized carbons (Fsp3) is 0.647. The van der Waals surface area contributed by atoms with Gasteiger partial charge in [0, 0.05) is 37.9 Å². The number of aromatic nitrogens is 1. The van der Waals surface area contributed by atoms with Crippen molar-refractivity contribution in [3.63, 3.8) is 0 Å². The van der Waals surface area contributed by atoms with Crippen molar-refractivity contribution in [2.75, 3.05) is 24.5 Å². The van der Waals surface area contributed by atoms with Gasteiger partial charge in [0.05, 0.1) is 6.10 Å². The van der Waals surface area contributed by atoms with Gasteiger partial charge in [0.2, 0.25) is 0 Å². The first-order valence-corrected chi connectivity index (χ1v) is 8.54. The molecule has 3 unspecified atom stereocenters. The number of aliphatic hydroxyl groups is 1. The lowest BCUT2D eigenvalue weighted by atomic mass is 10.1. The van der Waals surface area contributed by atoms with Crippen LogP contribution in [0.5, 0.6) is 0 Å². The van der Waals surface area contributed by atoms with Crippen LogP contribution in [-0.4, -0.2) is 58.8 Å². The molecule has 0 aromatic carbocycles. The molecule has 0 bridgehead atoms. The number of anilines is 1. The summed E-state index contributed by atoms with van der Waals surface area (Å²) in [6.07, 6.45) is 5.06. The van der Waals surface area contributed by atoms with Gasteiger partial charge in [-0.25, -0.2) is 9.78 Å². The molecule has 3 rings (SSSR count). The van der Waals surface area contributed by atoms with Gasteiger partial charge in [-0.2, -0.15) is 0 Å². The number of pyridine rings is 1. The zero-order valence-corrected chi connectivity index (χ0v) is 13.7. The second-order valence-corrected chi connectivity index (χ2v) is 6.64. The van der Waals surface area contributed by atoms with Crippen molar-refractivity contribution < 1.29 is 9.90 Å². The lowest BCUT2D eigenvalue weighted by Crippen LogP contribution is -2.48. The molecule has 23 heavy (non-hydrogen) atoms. The Bertz CT molecular complexity index is 523. The third-order valence-electron chi connectivity index (χ3n) is 4.74. The maximum Gasteiger partial charge on any atom is 0.317 e. The van der Waals surface area contributed by atoms with Gasteiger partial charge >= 0.3 is 6.03 Å². The molecule has 6 heteroatoms. The Morgan fingerprint density at radius 3 is 3.04 bits per heavy atom. The second-order valence-electron chi connectivity index (χ2n) is 6.64. The Labute approximate surface area is 137 Å². The highest BCUT2D eigenvalue weighted by Crippen LogP contribution is 2.22. The van der Waals surface area contributed by atoms with Gasteiger partial charge in [0.15, 0.2) is 0 Å². The van der Waals surface area contributed by atoms with E-state index >= 15 is 0 Å². The maximum absolute atomic E-state index is 12.5. The summed E-state index contributed by atoms with van der Waals surface area (Å²) < 4.78 is 0. The number of hydrogen-bond acceptors (Lipinski definition) is 4. The normalized spacial score (nSPS) is 25.7. The average Bonchev–Trinajstić information content (AvgIpc) is 3.17. The first-order valence-electron chi connectivity index (χ1n) is 8.54. The van der Waals surface area contributed by atoms with Gasteiger partial charge in [-0.3, -0.25) is 0 Å². The van der Waals surface area contributed by atoms with E-state index in [0.29, 0.717) is 6.42 Å². The number of likely N-dealkylation sites (tertiary alicyclic amines) is 1. The highest BCUT2D eigenvalue weighted by Gasteiger charge is 2.32. The molecule has 126 valence electrons. The summed E-state index contributed by atoms with van der Waals surface area (Å²) in [5, 5.41) is 12.7. The molecule has 6 nitrogen and oxygen atoms in total. The molecule has 2 saturated heterocycles. The number of carbonyl (C=O) groups is 1. The van der Waals surface area contributed by atoms with Crippen LogP contribution < -0.4 is 10.2 Å². The Hall–Kier alpha value is -1.82. The molecule has 2 aliphatic heterocycles. The molecule has 1 aromatic rings. The fourth-order valence-electron chi connectivity index (χ4n) is 3.63. The zero-order valence-electron chi connectivity index (χ0n) is 13.7. The van der Waals surface area contributed by atoms with Crippen molar-refractivity contribution in [1.82, 2.24) is 15.2 Å². The minimum atomic E-state index is -0.362. The minimum absolute atomic E-state index is 0.0148.